The van der Waals surface area contributed by atoms with E-state index in [4.69, 9.17) is 16.3 Å². The second-order valence-electron chi connectivity index (χ2n) is 13.1. The molecule has 2 aromatic carbocycles. The molecule has 1 N–H and O–H groups in total. The van der Waals surface area contributed by atoms with Crippen molar-refractivity contribution in [3.63, 3.8) is 0 Å². The van der Waals surface area contributed by atoms with Gasteiger partial charge in [0.1, 0.15) is 6.54 Å². The molecule has 5 heterocycles. The molecule has 0 radical (unpaired) electrons. The highest BCUT2D eigenvalue weighted by Crippen LogP contribution is 2.32. The molecular formula is C35H42ClN7O3. The average Bonchev–Trinajstić information content (AvgIpc) is 3.39. The quantitative estimate of drug-likeness (QED) is 0.404. The molecule has 0 spiro atoms. The van der Waals surface area contributed by atoms with Gasteiger partial charge in [-0.3, -0.25) is 14.5 Å². The Labute approximate surface area is 275 Å². The van der Waals surface area contributed by atoms with Crippen molar-refractivity contribution in [2.24, 2.45) is 0 Å². The van der Waals surface area contributed by atoms with E-state index in [1.807, 2.05) is 23.1 Å². The SMILES string of the molecule is CC(C)N1CCN(c2ccc3c(c2)CCN(C(=O)CN2Cc4ccc(-c5nc(NC6CCOCC6)ncc5Cl)cc4C2=O)C3)CC1. The van der Waals surface area contributed by atoms with Gasteiger partial charge in [0.05, 0.1) is 16.9 Å². The van der Waals surface area contributed by atoms with Crippen molar-refractivity contribution in [1.82, 2.24) is 24.7 Å². The Morgan fingerprint density at radius 1 is 1.00 bits per heavy atom. The van der Waals surface area contributed by atoms with Gasteiger partial charge in [-0.2, -0.15) is 0 Å². The van der Waals surface area contributed by atoms with Crippen molar-refractivity contribution in [2.45, 2.75) is 58.3 Å². The Balaban J connectivity index is 0.979. The number of anilines is 2. The van der Waals surface area contributed by atoms with Crippen molar-refractivity contribution >= 4 is 35.1 Å². The van der Waals surface area contributed by atoms with Gasteiger partial charge >= 0.3 is 0 Å². The second-order valence-corrected chi connectivity index (χ2v) is 13.5. The van der Waals surface area contributed by atoms with Crippen LogP contribution >= 0.6 is 11.6 Å². The number of nitrogens with zero attached hydrogens (tertiary/aromatic N) is 6. The van der Waals surface area contributed by atoms with Crippen LogP contribution in [0.1, 0.15) is 53.7 Å². The van der Waals surface area contributed by atoms with Gasteiger partial charge in [-0.1, -0.05) is 29.8 Å². The Hall–Kier alpha value is -3.73. The summed E-state index contributed by atoms with van der Waals surface area (Å²) in [5.74, 6) is 0.341. The van der Waals surface area contributed by atoms with Crippen LogP contribution in [0.4, 0.5) is 11.6 Å². The molecule has 1 aromatic heterocycles. The predicted molar refractivity (Wildman–Crippen MR) is 179 cm³/mol. The summed E-state index contributed by atoms with van der Waals surface area (Å²) in [4.78, 5) is 44.6. The standard InChI is InChI=1S/C35H42ClN7O3/c1-23(2)40-11-13-41(14-12-40)29-6-5-26-20-42(10-7-24(26)17-29)32(44)22-43-21-27-4-3-25(18-30(27)34(43)45)33-31(36)19-37-35(39-33)38-28-8-15-46-16-9-28/h3-6,17-19,23,28H,7-16,20-22H2,1-2H3,(H,37,38,39). The number of fused-ring (bicyclic) bond motifs is 2. The van der Waals surface area contributed by atoms with Gasteiger partial charge in [0.25, 0.3) is 5.91 Å². The summed E-state index contributed by atoms with van der Waals surface area (Å²) in [7, 11) is 0. The molecule has 46 heavy (non-hydrogen) atoms. The summed E-state index contributed by atoms with van der Waals surface area (Å²) in [6.45, 7) is 11.9. The summed E-state index contributed by atoms with van der Waals surface area (Å²) in [6.07, 6.45) is 4.20. The van der Waals surface area contributed by atoms with Crippen LogP contribution < -0.4 is 10.2 Å². The number of amides is 2. The fourth-order valence-electron chi connectivity index (χ4n) is 7.01. The average molecular weight is 644 g/mol. The van der Waals surface area contributed by atoms with Crippen LogP contribution in [0.25, 0.3) is 11.3 Å². The van der Waals surface area contributed by atoms with Gasteiger partial charge in [-0.15, -0.1) is 0 Å². The molecule has 2 fully saturated rings. The third-order valence-electron chi connectivity index (χ3n) is 9.85. The number of hydrogen-bond acceptors (Lipinski definition) is 8. The normalized spacial score (nSPS) is 19.0. The smallest absolute Gasteiger partial charge is 0.254 e. The Kier molecular flexibility index (Phi) is 8.85. The lowest BCUT2D eigenvalue weighted by atomic mass is 9.98. The van der Waals surface area contributed by atoms with Crippen LogP contribution in [0.3, 0.4) is 0 Å². The van der Waals surface area contributed by atoms with Crippen LogP contribution in [0.2, 0.25) is 5.02 Å². The maximum Gasteiger partial charge on any atom is 0.254 e. The molecule has 10 nitrogen and oxygen atoms in total. The zero-order valence-corrected chi connectivity index (χ0v) is 27.4. The van der Waals surface area contributed by atoms with Crippen LogP contribution in [-0.4, -0.2) is 101 Å². The third kappa shape index (κ3) is 6.43. The highest BCUT2D eigenvalue weighted by atomic mass is 35.5. The molecule has 0 bridgehead atoms. The van der Waals surface area contributed by atoms with Crippen molar-refractivity contribution in [3.8, 4) is 11.3 Å². The first-order valence-electron chi connectivity index (χ1n) is 16.5. The molecule has 11 heteroatoms. The molecule has 4 aliphatic heterocycles. The van der Waals surface area contributed by atoms with E-state index in [2.05, 4.69) is 57.1 Å². The van der Waals surface area contributed by atoms with E-state index in [0.717, 1.165) is 56.6 Å². The molecule has 2 saturated heterocycles. The van der Waals surface area contributed by atoms with E-state index < -0.39 is 0 Å². The van der Waals surface area contributed by atoms with Crippen LogP contribution in [-0.2, 0) is 29.0 Å². The number of hydrogen-bond donors (Lipinski definition) is 1. The van der Waals surface area contributed by atoms with Crippen molar-refractivity contribution in [1.29, 1.82) is 0 Å². The van der Waals surface area contributed by atoms with Gasteiger partial charge in [-0.25, -0.2) is 9.97 Å². The van der Waals surface area contributed by atoms with Gasteiger partial charge in [0, 0.05) is 87.9 Å². The first-order valence-corrected chi connectivity index (χ1v) is 16.9. The van der Waals surface area contributed by atoms with Crippen molar-refractivity contribution in [3.05, 3.63) is 69.9 Å². The number of benzene rings is 2. The zero-order valence-electron chi connectivity index (χ0n) is 26.7. The van der Waals surface area contributed by atoms with E-state index in [-0.39, 0.29) is 24.4 Å². The lowest BCUT2D eigenvalue weighted by Gasteiger charge is -2.38. The molecule has 0 atom stereocenters. The fourth-order valence-corrected chi connectivity index (χ4v) is 7.21. The summed E-state index contributed by atoms with van der Waals surface area (Å²) in [5, 5.41) is 3.80. The number of carbonyl (C=O) groups excluding carboxylic acids is 2. The topological polar surface area (TPSA) is 94.1 Å². The van der Waals surface area contributed by atoms with E-state index in [0.29, 0.717) is 61.1 Å². The number of rotatable bonds is 7. The summed E-state index contributed by atoms with van der Waals surface area (Å²) in [5.41, 5.74) is 6.59. The van der Waals surface area contributed by atoms with Crippen LogP contribution in [0, 0.1) is 0 Å². The highest BCUT2D eigenvalue weighted by molar-refractivity contribution is 6.33. The lowest BCUT2D eigenvalue weighted by molar-refractivity contribution is -0.132. The molecule has 4 aliphatic rings. The molecule has 242 valence electrons. The molecule has 2 amide bonds. The van der Waals surface area contributed by atoms with Crippen LogP contribution in [0.15, 0.2) is 42.6 Å². The van der Waals surface area contributed by atoms with E-state index >= 15 is 0 Å². The number of aromatic nitrogens is 2. The number of nitrogens with one attached hydrogen (secondary N) is 1. The molecular weight excluding hydrogens is 602 g/mol. The van der Waals surface area contributed by atoms with E-state index in [9.17, 15) is 9.59 Å². The fraction of sp³-hybridized carbons (Fsp3) is 0.486. The Bertz CT molecular complexity index is 1620. The minimum atomic E-state index is -0.143. The first kappa shape index (κ1) is 30.9. The maximum absolute atomic E-state index is 13.5. The first-order chi connectivity index (χ1) is 22.3. The van der Waals surface area contributed by atoms with E-state index in [1.165, 1.54) is 16.8 Å². The molecule has 0 aliphatic carbocycles. The Morgan fingerprint density at radius 3 is 2.57 bits per heavy atom. The van der Waals surface area contributed by atoms with Gasteiger partial charge in [0.2, 0.25) is 11.9 Å². The van der Waals surface area contributed by atoms with Gasteiger partial charge < -0.3 is 24.8 Å². The summed E-state index contributed by atoms with van der Waals surface area (Å²) < 4.78 is 5.45. The predicted octanol–water partition coefficient (Wildman–Crippen LogP) is 4.46. The number of carbonyl (C=O) groups is 2. The van der Waals surface area contributed by atoms with Gasteiger partial charge in [0.15, 0.2) is 0 Å². The van der Waals surface area contributed by atoms with Crippen molar-refractivity contribution in [2.75, 3.05) is 62.7 Å². The Morgan fingerprint density at radius 2 is 1.78 bits per heavy atom. The van der Waals surface area contributed by atoms with Gasteiger partial charge in [-0.05, 0) is 68.0 Å². The van der Waals surface area contributed by atoms with E-state index in [1.54, 1.807) is 11.1 Å². The second kappa shape index (κ2) is 13.2. The highest BCUT2D eigenvalue weighted by Gasteiger charge is 2.32. The minimum absolute atomic E-state index is 0.0245. The monoisotopic (exact) mass is 643 g/mol. The number of halogens is 1. The molecule has 0 saturated carbocycles. The molecule has 0 unspecified atom stereocenters. The zero-order chi connectivity index (χ0) is 31.8. The third-order valence-corrected chi connectivity index (χ3v) is 10.1. The minimum Gasteiger partial charge on any atom is -0.381 e. The summed E-state index contributed by atoms with van der Waals surface area (Å²) >= 11 is 6.52. The van der Waals surface area contributed by atoms with Crippen molar-refractivity contribution < 1.29 is 14.3 Å². The lowest BCUT2D eigenvalue weighted by Crippen LogP contribution is -2.49. The number of ether oxygens (including phenoxy) is 1. The summed E-state index contributed by atoms with van der Waals surface area (Å²) in [6, 6.07) is 13.2. The molecule has 3 aromatic rings. The number of piperazine rings is 1. The maximum atomic E-state index is 13.5. The molecule has 7 rings (SSSR count). The largest absolute Gasteiger partial charge is 0.381 e. The van der Waals surface area contributed by atoms with Crippen LogP contribution in [0.5, 0.6) is 0 Å².